The standard InChI is InChI=1S/C14H10F2/c15-13-7-3-1-5-11(13)9-10-12-6-2-4-8-14(12)16/h1-10H/b10-9+. The first-order valence-corrected chi connectivity index (χ1v) is 4.94. The third kappa shape index (κ3) is 2.34. The van der Waals surface area contributed by atoms with Gasteiger partial charge in [0.1, 0.15) is 11.6 Å². The molecular formula is C14H10F2. The van der Waals surface area contributed by atoms with Crippen LogP contribution in [-0.4, -0.2) is 0 Å². The van der Waals surface area contributed by atoms with Gasteiger partial charge in [-0.15, -0.1) is 0 Å². The van der Waals surface area contributed by atoms with E-state index in [1.165, 1.54) is 12.1 Å². The van der Waals surface area contributed by atoms with E-state index in [2.05, 4.69) is 0 Å². The highest BCUT2D eigenvalue weighted by molar-refractivity contribution is 5.69. The Balaban J connectivity index is 2.29. The molecule has 16 heavy (non-hydrogen) atoms. The van der Waals surface area contributed by atoms with Crippen molar-refractivity contribution in [2.24, 2.45) is 0 Å². The minimum atomic E-state index is -0.310. The summed E-state index contributed by atoms with van der Waals surface area (Å²) in [5.41, 5.74) is 0.900. The van der Waals surface area contributed by atoms with E-state index in [1.54, 1.807) is 48.6 Å². The Morgan fingerprint density at radius 1 is 0.625 bits per heavy atom. The minimum Gasteiger partial charge on any atom is -0.206 e. The highest BCUT2D eigenvalue weighted by Crippen LogP contribution is 2.13. The first-order valence-electron chi connectivity index (χ1n) is 4.94. The Hall–Kier alpha value is -1.96. The first kappa shape index (κ1) is 10.6. The molecule has 0 fully saturated rings. The quantitative estimate of drug-likeness (QED) is 0.662. The zero-order valence-electron chi connectivity index (χ0n) is 8.53. The van der Waals surface area contributed by atoms with Crippen LogP contribution in [0.5, 0.6) is 0 Å². The predicted octanol–water partition coefficient (Wildman–Crippen LogP) is 4.14. The molecule has 0 heterocycles. The Morgan fingerprint density at radius 2 is 1.00 bits per heavy atom. The SMILES string of the molecule is Fc1ccccc1/C=C/c1ccccc1F. The molecule has 0 unspecified atom stereocenters. The van der Waals surface area contributed by atoms with Gasteiger partial charge in [-0.05, 0) is 12.1 Å². The van der Waals surface area contributed by atoms with Crippen LogP contribution >= 0.6 is 0 Å². The Bertz CT molecular complexity index is 468. The van der Waals surface area contributed by atoms with Crippen LogP contribution in [-0.2, 0) is 0 Å². The number of rotatable bonds is 2. The lowest BCUT2D eigenvalue weighted by Gasteiger charge is -1.97. The lowest BCUT2D eigenvalue weighted by Crippen LogP contribution is -1.81. The molecule has 0 spiro atoms. The van der Waals surface area contributed by atoms with E-state index in [4.69, 9.17) is 0 Å². The van der Waals surface area contributed by atoms with Crippen LogP contribution in [0.4, 0.5) is 8.78 Å². The highest BCUT2D eigenvalue weighted by atomic mass is 19.1. The first-order chi connectivity index (χ1) is 7.77. The molecule has 0 bridgehead atoms. The normalized spacial score (nSPS) is 10.9. The van der Waals surface area contributed by atoms with Crippen molar-refractivity contribution in [3.63, 3.8) is 0 Å². The van der Waals surface area contributed by atoms with Crippen molar-refractivity contribution in [2.45, 2.75) is 0 Å². The molecule has 0 saturated carbocycles. The summed E-state index contributed by atoms with van der Waals surface area (Å²) in [5.74, 6) is -0.620. The van der Waals surface area contributed by atoms with Crippen molar-refractivity contribution in [3.8, 4) is 0 Å². The van der Waals surface area contributed by atoms with E-state index < -0.39 is 0 Å². The molecule has 0 saturated heterocycles. The van der Waals surface area contributed by atoms with Gasteiger partial charge in [0.2, 0.25) is 0 Å². The van der Waals surface area contributed by atoms with Crippen LogP contribution in [0.1, 0.15) is 11.1 Å². The lowest BCUT2D eigenvalue weighted by molar-refractivity contribution is 0.623. The number of halogens is 2. The fourth-order valence-electron chi connectivity index (χ4n) is 1.40. The molecule has 2 aromatic rings. The van der Waals surface area contributed by atoms with Crippen LogP contribution in [0, 0.1) is 11.6 Å². The van der Waals surface area contributed by atoms with E-state index in [1.807, 2.05) is 0 Å². The average Bonchev–Trinajstić information content (AvgIpc) is 2.30. The van der Waals surface area contributed by atoms with E-state index in [0.29, 0.717) is 11.1 Å². The molecule has 2 aromatic carbocycles. The smallest absolute Gasteiger partial charge is 0.130 e. The maximum absolute atomic E-state index is 13.2. The molecule has 0 aliphatic carbocycles. The van der Waals surface area contributed by atoms with Crippen molar-refractivity contribution < 1.29 is 8.78 Å². The van der Waals surface area contributed by atoms with Gasteiger partial charge in [0.15, 0.2) is 0 Å². The highest BCUT2D eigenvalue weighted by Gasteiger charge is 1.97. The van der Waals surface area contributed by atoms with Gasteiger partial charge in [-0.25, -0.2) is 8.78 Å². The Labute approximate surface area is 92.9 Å². The summed E-state index contributed by atoms with van der Waals surface area (Å²) in [6.45, 7) is 0. The van der Waals surface area contributed by atoms with Crippen LogP contribution in [0.15, 0.2) is 48.5 Å². The maximum atomic E-state index is 13.2. The summed E-state index contributed by atoms with van der Waals surface area (Å²) >= 11 is 0. The van der Waals surface area contributed by atoms with Gasteiger partial charge < -0.3 is 0 Å². The van der Waals surface area contributed by atoms with Crippen LogP contribution in [0.3, 0.4) is 0 Å². The van der Waals surface area contributed by atoms with Gasteiger partial charge in [0, 0.05) is 11.1 Å². The van der Waals surface area contributed by atoms with Gasteiger partial charge in [0.25, 0.3) is 0 Å². The topological polar surface area (TPSA) is 0 Å². The molecule has 2 heteroatoms. The molecule has 0 amide bonds. The number of benzene rings is 2. The second-order valence-electron chi connectivity index (χ2n) is 3.38. The minimum absolute atomic E-state index is 0.310. The largest absolute Gasteiger partial charge is 0.206 e. The van der Waals surface area contributed by atoms with E-state index in [-0.39, 0.29) is 11.6 Å². The summed E-state index contributed by atoms with van der Waals surface area (Å²) in [4.78, 5) is 0. The summed E-state index contributed by atoms with van der Waals surface area (Å²) in [6.07, 6.45) is 3.13. The van der Waals surface area contributed by atoms with Crippen molar-refractivity contribution in [2.75, 3.05) is 0 Å². The Morgan fingerprint density at radius 3 is 1.38 bits per heavy atom. The number of hydrogen-bond acceptors (Lipinski definition) is 0. The molecule has 0 nitrogen and oxygen atoms in total. The van der Waals surface area contributed by atoms with Crippen molar-refractivity contribution in [3.05, 3.63) is 71.3 Å². The zero-order valence-corrected chi connectivity index (χ0v) is 8.53. The molecule has 0 radical (unpaired) electrons. The predicted molar refractivity (Wildman–Crippen MR) is 61.7 cm³/mol. The van der Waals surface area contributed by atoms with Gasteiger partial charge in [-0.2, -0.15) is 0 Å². The fourth-order valence-corrected chi connectivity index (χ4v) is 1.40. The number of hydrogen-bond donors (Lipinski definition) is 0. The monoisotopic (exact) mass is 216 g/mol. The molecule has 0 aromatic heterocycles. The summed E-state index contributed by atoms with van der Waals surface area (Å²) in [6, 6.07) is 12.8. The van der Waals surface area contributed by atoms with Crippen molar-refractivity contribution in [1.29, 1.82) is 0 Å². The van der Waals surface area contributed by atoms with Crippen LogP contribution in [0.2, 0.25) is 0 Å². The second kappa shape index (κ2) is 4.71. The van der Waals surface area contributed by atoms with Gasteiger partial charge in [-0.3, -0.25) is 0 Å². The van der Waals surface area contributed by atoms with E-state index in [0.717, 1.165) is 0 Å². The van der Waals surface area contributed by atoms with Gasteiger partial charge in [-0.1, -0.05) is 48.6 Å². The molecule has 0 atom stereocenters. The third-order valence-corrected chi connectivity index (χ3v) is 2.25. The van der Waals surface area contributed by atoms with E-state index in [9.17, 15) is 8.78 Å². The summed E-state index contributed by atoms with van der Waals surface area (Å²) < 4.78 is 26.5. The molecule has 80 valence electrons. The maximum Gasteiger partial charge on any atom is 0.130 e. The molecule has 2 rings (SSSR count). The van der Waals surface area contributed by atoms with Crippen molar-refractivity contribution in [1.82, 2.24) is 0 Å². The van der Waals surface area contributed by atoms with Crippen LogP contribution in [0.25, 0.3) is 12.2 Å². The fraction of sp³-hybridized carbons (Fsp3) is 0. The Kier molecular flexibility index (Phi) is 3.10. The summed E-state index contributed by atoms with van der Waals surface area (Å²) in [5, 5.41) is 0. The third-order valence-electron chi connectivity index (χ3n) is 2.25. The molecular weight excluding hydrogens is 206 g/mol. The zero-order chi connectivity index (χ0) is 11.4. The molecule has 0 aliphatic rings. The second-order valence-corrected chi connectivity index (χ2v) is 3.38. The average molecular weight is 216 g/mol. The molecule has 0 aliphatic heterocycles. The molecule has 0 N–H and O–H groups in total. The van der Waals surface area contributed by atoms with Gasteiger partial charge in [0.05, 0.1) is 0 Å². The lowest BCUT2D eigenvalue weighted by atomic mass is 10.1. The van der Waals surface area contributed by atoms with Gasteiger partial charge >= 0.3 is 0 Å². The summed E-state index contributed by atoms with van der Waals surface area (Å²) in [7, 11) is 0. The van der Waals surface area contributed by atoms with E-state index >= 15 is 0 Å². The van der Waals surface area contributed by atoms with Crippen molar-refractivity contribution >= 4 is 12.2 Å². The van der Waals surface area contributed by atoms with Crippen LogP contribution < -0.4 is 0 Å².